The number of hydrogen-bond donors (Lipinski definition) is 1. The highest BCUT2D eigenvalue weighted by Gasteiger charge is 2.39. The van der Waals surface area contributed by atoms with Crippen LogP contribution in [0.15, 0.2) is 78.9 Å². The lowest BCUT2D eigenvalue weighted by Gasteiger charge is -2.36. The molecule has 0 bridgehead atoms. The van der Waals surface area contributed by atoms with Crippen LogP contribution in [0.4, 0.5) is 0 Å². The van der Waals surface area contributed by atoms with Gasteiger partial charge in [-0.1, -0.05) is 73.7 Å². The van der Waals surface area contributed by atoms with E-state index in [-0.39, 0.29) is 11.9 Å². The molecule has 3 aromatic carbocycles. The minimum absolute atomic E-state index is 0.178. The number of carbonyl (C=O) groups is 2. The highest BCUT2D eigenvalue weighted by Crippen LogP contribution is 2.41. The van der Waals surface area contributed by atoms with Crippen molar-refractivity contribution in [3.8, 4) is 0 Å². The molecular formula is C26H26N2O2. The molecule has 0 fully saturated rings. The molecule has 0 spiro atoms. The first kappa shape index (κ1) is 19.9. The molecule has 0 saturated carbocycles. The summed E-state index contributed by atoms with van der Waals surface area (Å²) in [6.07, 6.45) is 2.57. The fourth-order valence-electron chi connectivity index (χ4n) is 4.40. The lowest BCUT2D eigenvalue weighted by molar-refractivity contribution is -0.123. The Labute approximate surface area is 177 Å². The first-order chi connectivity index (χ1) is 14.6. The predicted octanol–water partition coefficient (Wildman–Crippen LogP) is 4.61. The Morgan fingerprint density at radius 2 is 1.67 bits per heavy atom. The van der Waals surface area contributed by atoms with Crippen LogP contribution in [0.3, 0.4) is 0 Å². The quantitative estimate of drug-likeness (QED) is 0.659. The molecule has 30 heavy (non-hydrogen) atoms. The Balaban J connectivity index is 1.85. The maximum absolute atomic E-state index is 13.7. The summed E-state index contributed by atoms with van der Waals surface area (Å²) in [5.41, 5.74) is 10.8. The maximum Gasteiger partial charge on any atom is 0.255 e. The smallest absolute Gasteiger partial charge is 0.255 e. The summed E-state index contributed by atoms with van der Waals surface area (Å²) in [5.74, 6) is -0.700. The molecule has 0 saturated heterocycles. The molecule has 0 aromatic heterocycles. The molecule has 4 rings (SSSR count). The molecule has 2 atom stereocenters. The van der Waals surface area contributed by atoms with Gasteiger partial charge in [0, 0.05) is 5.56 Å². The van der Waals surface area contributed by atoms with Crippen molar-refractivity contribution >= 4 is 11.8 Å². The molecule has 0 radical (unpaired) electrons. The van der Waals surface area contributed by atoms with Crippen LogP contribution in [0.1, 0.15) is 58.0 Å². The number of hydrogen-bond acceptors (Lipinski definition) is 2. The zero-order chi connectivity index (χ0) is 21.1. The second-order valence-corrected chi connectivity index (χ2v) is 7.74. The molecule has 0 heterocycles. The number of aryl methyl sites for hydroxylation is 2. The van der Waals surface area contributed by atoms with E-state index in [0.29, 0.717) is 5.56 Å². The van der Waals surface area contributed by atoms with Crippen LogP contribution < -0.4 is 5.73 Å². The van der Waals surface area contributed by atoms with Gasteiger partial charge in [-0.25, -0.2) is 0 Å². The SMILES string of the molecule is CCc1ccc2c(c1)[C@H](N(C(=O)c1ccccc1)[C@@H](C(N)=O)c1ccccc1)CC2. The monoisotopic (exact) mass is 398 g/mol. The van der Waals surface area contributed by atoms with Gasteiger partial charge in [-0.3, -0.25) is 9.59 Å². The van der Waals surface area contributed by atoms with Crippen molar-refractivity contribution in [3.05, 3.63) is 107 Å². The lowest BCUT2D eigenvalue weighted by Crippen LogP contribution is -2.43. The molecule has 3 aromatic rings. The van der Waals surface area contributed by atoms with Crippen molar-refractivity contribution in [3.63, 3.8) is 0 Å². The van der Waals surface area contributed by atoms with Crippen molar-refractivity contribution in [1.29, 1.82) is 0 Å². The number of benzene rings is 3. The first-order valence-electron chi connectivity index (χ1n) is 10.4. The maximum atomic E-state index is 13.7. The van der Waals surface area contributed by atoms with E-state index in [4.69, 9.17) is 5.73 Å². The van der Waals surface area contributed by atoms with Crippen LogP contribution in [0.2, 0.25) is 0 Å². The fourth-order valence-corrected chi connectivity index (χ4v) is 4.40. The largest absolute Gasteiger partial charge is 0.368 e. The second-order valence-electron chi connectivity index (χ2n) is 7.74. The molecule has 1 aliphatic rings. The summed E-state index contributed by atoms with van der Waals surface area (Å²) >= 11 is 0. The van der Waals surface area contributed by atoms with E-state index in [2.05, 4.69) is 25.1 Å². The Kier molecular flexibility index (Phi) is 5.66. The molecule has 0 unspecified atom stereocenters. The van der Waals surface area contributed by atoms with Gasteiger partial charge in [-0.05, 0) is 53.6 Å². The number of rotatable bonds is 6. The van der Waals surface area contributed by atoms with Crippen molar-refractivity contribution in [2.75, 3.05) is 0 Å². The van der Waals surface area contributed by atoms with Gasteiger partial charge in [0.05, 0.1) is 6.04 Å². The molecule has 2 N–H and O–H groups in total. The second kappa shape index (κ2) is 8.54. The number of nitrogens with zero attached hydrogens (tertiary/aromatic N) is 1. The molecule has 152 valence electrons. The molecule has 4 heteroatoms. The van der Waals surface area contributed by atoms with Gasteiger partial charge in [-0.15, -0.1) is 0 Å². The summed E-state index contributed by atoms with van der Waals surface area (Å²) in [6, 6.07) is 23.9. The topological polar surface area (TPSA) is 63.4 Å². The Hall–Kier alpha value is -3.40. The van der Waals surface area contributed by atoms with Crippen molar-refractivity contribution in [2.24, 2.45) is 5.73 Å². The van der Waals surface area contributed by atoms with Crippen molar-refractivity contribution < 1.29 is 9.59 Å². The van der Waals surface area contributed by atoms with Crippen LogP contribution in [-0.2, 0) is 17.6 Å². The third kappa shape index (κ3) is 3.73. The summed E-state index contributed by atoms with van der Waals surface area (Å²) in [7, 11) is 0. The van der Waals surface area contributed by atoms with E-state index >= 15 is 0 Å². The third-order valence-corrected chi connectivity index (χ3v) is 5.92. The molecular weight excluding hydrogens is 372 g/mol. The van der Waals surface area contributed by atoms with Crippen molar-refractivity contribution in [1.82, 2.24) is 4.90 Å². The van der Waals surface area contributed by atoms with Gasteiger partial charge in [0.2, 0.25) is 5.91 Å². The molecule has 4 nitrogen and oxygen atoms in total. The first-order valence-corrected chi connectivity index (χ1v) is 10.4. The van der Waals surface area contributed by atoms with Crippen LogP contribution in [-0.4, -0.2) is 16.7 Å². The van der Waals surface area contributed by atoms with Crippen LogP contribution >= 0.6 is 0 Å². The van der Waals surface area contributed by atoms with E-state index in [0.717, 1.165) is 30.4 Å². The minimum atomic E-state index is -0.833. The molecule has 0 aliphatic heterocycles. The van der Waals surface area contributed by atoms with E-state index in [1.54, 1.807) is 17.0 Å². The van der Waals surface area contributed by atoms with E-state index in [1.165, 1.54) is 11.1 Å². The third-order valence-electron chi connectivity index (χ3n) is 5.92. The highest BCUT2D eigenvalue weighted by atomic mass is 16.2. The normalized spacial score (nSPS) is 16.0. The summed E-state index contributed by atoms with van der Waals surface area (Å²) in [4.78, 5) is 28.1. The van der Waals surface area contributed by atoms with E-state index in [9.17, 15) is 9.59 Å². The van der Waals surface area contributed by atoms with Crippen LogP contribution in [0, 0.1) is 0 Å². The van der Waals surface area contributed by atoms with Crippen LogP contribution in [0.5, 0.6) is 0 Å². The zero-order valence-electron chi connectivity index (χ0n) is 17.1. The lowest BCUT2D eigenvalue weighted by atomic mass is 9.96. The number of amides is 2. The van der Waals surface area contributed by atoms with Gasteiger partial charge >= 0.3 is 0 Å². The van der Waals surface area contributed by atoms with E-state index in [1.807, 2.05) is 48.5 Å². The summed E-state index contributed by atoms with van der Waals surface area (Å²) in [5, 5.41) is 0. The van der Waals surface area contributed by atoms with Crippen LogP contribution in [0.25, 0.3) is 0 Å². The Morgan fingerprint density at radius 1 is 1.00 bits per heavy atom. The van der Waals surface area contributed by atoms with E-state index < -0.39 is 11.9 Å². The summed E-state index contributed by atoms with van der Waals surface area (Å²) in [6.45, 7) is 2.12. The number of primary amides is 1. The average Bonchev–Trinajstić information content (AvgIpc) is 3.20. The Morgan fingerprint density at radius 3 is 2.30 bits per heavy atom. The predicted molar refractivity (Wildman–Crippen MR) is 118 cm³/mol. The number of carbonyl (C=O) groups excluding carboxylic acids is 2. The van der Waals surface area contributed by atoms with Gasteiger partial charge in [0.25, 0.3) is 5.91 Å². The zero-order valence-corrected chi connectivity index (χ0v) is 17.1. The standard InChI is InChI=1S/C26H26N2O2/c1-2-18-13-14-19-15-16-23(22(19)17-18)28(26(30)21-11-7-4-8-12-21)24(25(27)29)20-9-5-3-6-10-20/h3-14,17,23-24H,2,15-16H2,1H3,(H2,27,29)/t23-,24-/m1/s1. The minimum Gasteiger partial charge on any atom is -0.368 e. The summed E-state index contributed by atoms with van der Waals surface area (Å²) < 4.78 is 0. The van der Waals surface area contributed by atoms with Gasteiger partial charge in [0.1, 0.15) is 6.04 Å². The molecule has 2 amide bonds. The average molecular weight is 399 g/mol. The Bertz CT molecular complexity index is 1050. The van der Waals surface area contributed by atoms with Gasteiger partial charge in [-0.2, -0.15) is 0 Å². The fraction of sp³-hybridized carbons (Fsp3) is 0.231. The highest BCUT2D eigenvalue weighted by molar-refractivity contribution is 5.98. The van der Waals surface area contributed by atoms with Gasteiger partial charge < -0.3 is 10.6 Å². The number of nitrogens with two attached hydrogens (primary N) is 1. The molecule has 1 aliphatic carbocycles. The van der Waals surface area contributed by atoms with Crippen molar-refractivity contribution in [2.45, 2.75) is 38.3 Å². The van der Waals surface area contributed by atoms with Gasteiger partial charge in [0.15, 0.2) is 0 Å². The number of fused-ring (bicyclic) bond motifs is 1.